The number of amides is 1. The van der Waals surface area contributed by atoms with Gasteiger partial charge in [-0.05, 0) is 37.5 Å². The average Bonchev–Trinajstić information content (AvgIpc) is 3.10. The van der Waals surface area contributed by atoms with Crippen molar-refractivity contribution in [3.8, 4) is 0 Å². The van der Waals surface area contributed by atoms with Crippen LogP contribution in [0.2, 0.25) is 0 Å². The van der Waals surface area contributed by atoms with Crippen molar-refractivity contribution in [1.82, 2.24) is 15.2 Å². The third-order valence-electron chi connectivity index (χ3n) is 3.40. The summed E-state index contributed by atoms with van der Waals surface area (Å²) in [6.07, 6.45) is 1.73. The number of aromatic nitrogens is 3. The molecule has 6 heteroatoms. The summed E-state index contributed by atoms with van der Waals surface area (Å²) in [5.41, 5.74) is 0.635. The molecule has 1 fully saturated rings. The largest absolute Gasteiger partial charge is 0.292 e. The molecule has 1 aliphatic carbocycles. The highest BCUT2D eigenvalue weighted by Crippen LogP contribution is 2.49. The average molecular weight is 321 g/mol. The summed E-state index contributed by atoms with van der Waals surface area (Å²) in [5, 5.41) is 9.41. The first kappa shape index (κ1) is 12.3. The minimum Gasteiger partial charge on any atom is -0.292 e. The molecule has 0 radical (unpaired) electrons. The zero-order valence-corrected chi connectivity index (χ0v) is 12.0. The lowest BCUT2D eigenvalue weighted by Gasteiger charge is -2.14. The number of hydrogen-bond acceptors (Lipinski definition) is 3. The van der Waals surface area contributed by atoms with Crippen LogP contribution in [0.25, 0.3) is 0 Å². The fourth-order valence-corrected chi connectivity index (χ4v) is 2.42. The first-order valence-electron chi connectivity index (χ1n) is 6.07. The Morgan fingerprint density at radius 2 is 2.05 bits per heavy atom. The Hall–Kier alpha value is -1.69. The van der Waals surface area contributed by atoms with Gasteiger partial charge in [0.05, 0.1) is 5.41 Å². The molecule has 2 aromatic rings. The number of nitrogens with one attached hydrogen (secondary N) is 2. The van der Waals surface area contributed by atoms with Gasteiger partial charge in [0.1, 0.15) is 5.82 Å². The molecule has 19 heavy (non-hydrogen) atoms. The number of hydrogen-bond donors (Lipinski definition) is 2. The highest BCUT2D eigenvalue weighted by Gasteiger charge is 2.51. The number of benzene rings is 1. The SMILES string of the molecule is Cc1nc(NC(=O)C2(c3ccc(Br)cc3)CC2)n[nH]1. The Balaban J connectivity index is 1.81. The molecule has 1 aromatic heterocycles. The van der Waals surface area contributed by atoms with Crippen molar-refractivity contribution in [2.24, 2.45) is 0 Å². The molecule has 0 unspecified atom stereocenters. The van der Waals surface area contributed by atoms with Crippen LogP contribution < -0.4 is 5.32 Å². The monoisotopic (exact) mass is 320 g/mol. The smallest absolute Gasteiger partial charge is 0.248 e. The van der Waals surface area contributed by atoms with Crippen LogP contribution in [-0.2, 0) is 10.2 Å². The van der Waals surface area contributed by atoms with Gasteiger partial charge in [0.2, 0.25) is 11.9 Å². The van der Waals surface area contributed by atoms with Crippen molar-refractivity contribution in [2.45, 2.75) is 25.2 Å². The second-order valence-electron chi connectivity index (χ2n) is 4.79. The first-order chi connectivity index (χ1) is 9.10. The van der Waals surface area contributed by atoms with Crippen LogP contribution in [0.1, 0.15) is 24.2 Å². The van der Waals surface area contributed by atoms with Gasteiger partial charge in [-0.15, -0.1) is 5.10 Å². The predicted molar refractivity (Wildman–Crippen MR) is 74.8 cm³/mol. The summed E-state index contributed by atoms with van der Waals surface area (Å²) in [6, 6.07) is 7.89. The molecule has 2 N–H and O–H groups in total. The number of halogens is 1. The number of nitrogens with zero attached hydrogens (tertiary/aromatic N) is 2. The second-order valence-corrected chi connectivity index (χ2v) is 5.70. The van der Waals surface area contributed by atoms with Crippen molar-refractivity contribution >= 4 is 27.8 Å². The number of aromatic amines is 1. The molecule has 98 valence electrons. The molecular weight excluding hydrogens is 308 g/mol. The Kier molecular flexibility index (Phi) is 2.89. The van der Waals surface area contributed by atoms with Crippen LogP contribution in [0.4, 0.5) is 5.95 Å². The molecular formula is C13H13BrN4O. The van der Waals surface area contributed by atoms with Gasteiger partial charge in [-0.1, -0.05) is 28.1 Å². The maximum Gasteiger partial charge on any atom is 0.248 e. The molecule has 0 atom stereocenters. The van der Waals surface area contributed by atoms with E-state index in [1.807, 2.05) is 24.3 Å². The van der Waals surface area contributed by atoms with Crippen LogP contribution in [-0.4, -0.2) is 21.1 Å². The van der Waals surface area contributed by atoms with E-state index < -0.39 is 5.41 Å². The van der Waals surface area contributed by atoms with Crippen LogP contribution in [0.5, 0.6) is 0 Å². The van der Waals surface area contributed by atoms with Gasteiger partial charge in [0, 0.05) is 4.47 Å². The second kappa shape index (κ2) is 4.45. The molecule has 0 saturated heterocycles. The van der Waals surface area contributed by atoms with Gasteiger partial charge in [-0.2, -0.15) is 4.98 Å². The Morgan fingerprint density at radius 1 is 1.37 bits per heavy atom. The van der Waals surface area contributed by atoms with E-state index >= 15 is 0 Å². The predicted octanol–water partition coefficient (Wildman–Crippen LogP) is 2.55. The quantitative estimate of drug-likeness (QED) is 0.913. The van der Waals surface area contributed by atoms with Crippen molar-refractivity contribution in [2.75, 3.05) is 5.32 Å². The van der Waals surface area contributed by atoms with Gasteiger partial charge in [-0.3, -0.25) is 15.2 Å². The third kappa shape index (κ3) is 2.28. The van der Waals surface area contributed by atoms with Crippen molar-refractivity contribution in [1.29, 1.82) is 0 Å². The van der Waals surface area contributed by atoms with Gasteiger partial charge in [0.15, 0.2) is 0 Å². The van der Waals surface area contributed by atoms with E-state index in [1.54, 1.807) is 6.92 Å². The van der Waals surface area contributed by atoms with E-state index in [0.717, 1.165) is 22.9 Å². The summed E-state index contributed by atoms with van der Waals surface area (Å²) in [6.45, 7) is 1.80. The van der Waals surface area contributed by atoms with E-state index in [0.29, 0.717) is 11.8 Å². The summed E-state index contributed by atoms with van der Waals surface area (Å²) < 4.78 is 1.01. The highest BCUT2D eigenvalue weighted by molar-refractivity contribution is 9.10. The molecule has 0 aliphatic heterocycles. The normalized spacial score (nSPS) is 16.1. The summed E-state index contributed by atoms with van der Waals surface area (Å²) in [7, 11) is 0. The number of anilines is 1. The summed E-state index contributed by atoms with van der Waals surface area (Å²) in [4.78, 5) is 16.5. The maximum atomic E-state index is 12.4. The van der Waals surface area contributed by atoms with E-state index in [1.165, 1.54) is 0 Å². The van der Waals surface area contributed by atoms with E-state index in [4.69, 9.17) is 0 Å². The van der Waals surface area contributed by atoms with E-state index in [9.17, 15) is 4.79 Å². The lowest BCUT2D eigenvalue weighted by Crippen LogP contribution is -2.28. The zero-order chi connectivity index (χ0) is 13.5. The van der Waals surface area contributed by atoms with Crippen molar-refractivity contribution < 1.29 is 4.79 Å². The Bertz CT molecular complexity index is 616. The minimum atomic E-state index is -0.408. The van der Waals surface area contributed by atoms with Gasteiger partial charge < -0.3 is 0 Å². The topological polar surface area (TPSA) is 70.7 Å². The molecule has 1 saturated carbocycles. The van der Waals surface area contributed by atoms with Gasteiger partial charge in [-0.25, -0.2) is 0 Å². The molecule has 1 aromatic carbocycles. The molecule has 0 spiro atoms. The molecule has 1 amide bonds. The summed E-state index contributed by atoms with van der Waals surface area (Å²) in [5.74, 6) is 0.989. The minimum absolute atomic E-state index is 0.0335. The van der Waals surface area contributed by atoms with Crippen LogP contribution in [0.3, 0.4) is 0 Å². The standard InChI is InChI=1S/C13H13BrN4O/c1-8-15-12(18-17-8)16-11(19)13(6-7-13)9-2-4-10(14)5-3-9/h2-5H,6-7H2,1H3,(H2,15,16,17,18,19). The molecule has 5 nitrogen and oxygen atoms in total. The van der Waals surface area contributed by atoms with Crippen LogP contribution in [0, 0.1) is 6.92 Å². The van der Waals surface area contributed by atoms with Gasteiger partial charge >= 0.3 is 0 Å². The van der Waals surface area contributed by atoms with Crippen molar-refractivity contribution in [3.05, 3.63) is 40.1 Å². The van der Waals surface area contributed by atoms with Gasteiger partial charge in [0.25, 0.3) is 0 Å². The van der Waals surface area contributed by atoms with Crippen molar-refractivity contribution in [3.63, 3.8) is 0 Å². The van der Waals surface area contributed by atoms with E-state index in [-0.39, 0.29) is 5.91 Å². The molecule has 0 bridgehead atoms. The lowest BCUT2D eigenvalue weighted by molar-refractivity contribution is -0.118. The van der Waals surface area contributed by atoms with E-state index in [2.05, 4.69) is 36.4 Å². The molecule has 1 aliphatic rings. The van der Waals surface area contributed by atoms with Crippen LogP contribution >= 0.6 is 15.9 Å². The zero-order valence-electron chi connectivity index (χ0n) is 10.4. The maximum absolute atomic E-state index is 12.4. The number of aryl methyl sites for hydroxylation is 1. The number of H-pyrrole nitrogens is 1. The Labute approximate surface area is 119 Å². The lowest BCUT2D eigenvalue weighted by atomic mass is 9.95. The fourth-order valence-electron chi connectivity index (χ4n) is 2.16. The number of carbonyl (C=O) groups excluding carboxylic acids is 1. The fraction of sp³-hybridized carbons (Fsp3) is 0.308. The third-order valence-corrected chi connectivity index (χ3v) is 3.93. The van der Waals surface area contributed by atoms with Crippen LogP contribution in [0.15, 0.2) is 28.7 Å². The molecule has 3 rings (SSSR count). The number of rotatable bonds is 3. The first-order valence-corrected chi connectivity index (χ1v) is 6.86. The summed E-state index contributed by atoms with van der Waals surface area (Å²) >= 11 is 3.40. The molecule has 1 heterocycles. The highest BCUT2D eigenvalue weighted by atomic mass is 79.9. The number of carbonyl (C=O) groups is 1. The Morgan fingerprint density at radius 3 is 2.58 bits per heavy atom.